The molecule has 1 heteroatoms. The van der Waals surface area contributed by atoms with Crippen molar-refractivity contribution in [2.45, 2.75) is 195 Å². The Hall–Kier alpha value is 0.430. The molecule has 0 amide bonds. The van der Waals surface area contributed by atoms with Crippen LogP contribution in [0.5, 0.6) is 0 Å². The van der Waals surface area contributed by atoms with Crippen molar-refractivity contribution in [1.82, 2.24) is 0 Å². The number of unbranched alkanes of at least 4 members (excludes halogenated alkanes) is 22. The van der Waals surface area contributed by atoms with Gasteiger partial charge in [0.25, 0.3) is 0 Å². The normalized spacial score (nSPS) is 12.0. The Morgan fingerprint density at radius 2 is 0.400 bits per heavy atom. The van der Waals surface area contributed by atoms with Crippen LogP contribution in [0.15, 0.2) is 0 Å². The zero-order chi connectivity index (χ0) is 25.7. The number of hydrogen-bond donors (Lipinski definition) is 0. The molecule has 0 fully saturated rings. The average molecular weight is 512 g/mol. The van der Waals surface area contributed by atoms with E-state index < -0.39 is 7.26 Å². The summed E-state index contributed by atoms with van der Waals surface area (Å²) in [5.41, 5.74) is 0. The van der Waals surface area contributed by atoms with E-state index >= 15 is 0 Å². The van der Waals surface area contributed by atoms with Crippen LogP contribution in [0.2, 0.25) is 0 Å². The molecule has 212 valence electrons. The van der Waals surface area contributed by atoms with Gasteiger partial charge in [0, 0.05) is 7.26 Å². The molecule has 0 aromatic heterocycles. The second-order valence-electron chi connectivity index (χ2n) is 12.0. The molecule has 0 atom stereocenters. The van der Waals surface area contributed by atoms with Gasteiger partial charge in [0.1, 0.15) is 0 Å². The maximum absolute atomic E-state index is 2.36. The van der Waals surface area contributed by atoms with Crippen LogP contribution in [0.1, 0.15) is 195 Å². The van der Waals surface area contributed by atoms with Gasteiger partial charge in [0.15, 0.2) is 0 Å². The van der Waals surface area contributed by atoms with Gasteiger partial charge in [-0.2, -0.15) is 0 Å². The summed E-state index contributed by atoms with van der Waals surface area (Å²) in [6.07, 6.45) is 45.2. The Morgan fingerprint density at radius 1 is 0.229 bits per heavy atom. The van der Waals surface area contributed by atoms with Crippen molar-refractivity contribution >= 4 is 7.26 Å². The SMILES string of the molecule is CCCCCCCCC[P+](CCCCCCC)(CCCCCCCCC)CCCCCCCCC. The van der Waals surface area contributed by atoms with E-state index in [1.54, 1.807) is 50.3 Å². The van der Waals surface area contributed by atoms with Crippen molar-refractivity contribution in [3.8, 4) is 0 Å². The molecule has 0 spiro atoms. The standard InChI is InChI=1S/C34H72P/c1-5-9-13-17-20-24-28-32-35(31-27-23-16-12-8-4,33-29-25-21-18-14-10-6-2)34-30-26-22-19-15-11-7-3/h5-34H2,1-4H3/q+1. The van der Waals surface area contributed by atoms with Gasteiger partial charge in [-0.1, -0.05) is 143 Å². The lowest BCUT2D eigenvalue weighted by Gasteiger charge is -2.28. The van der Waals surface area contributed by atoms with E-state index in [0.717, 1.165) is 0 Å². The second-order valence-corrected chi connectivity index (χ2v) is 16.5. The highest BCUT2D eigenvalue weighted by atomic mass is 31.2. The molecule has 35 heavy (non-hydrogen) atoms. The third-order valence-electron chi connectivity index (χ3n) is 8.44. The molecule has 0 nitrogen and oxygen atoms in total. The maximum atomic E-state index is 2.36. The topological polar surface area (TPSA) is 0 Å². The highest BCUT2D eigenvalue weighted by Crippen LogP contribution is 2.61. The van der Waals surface area contributed by atoms with Crippen molar-refractivity contribution in [1.29, 1.82) is 0 Å². The molecule has 0 N–H and O–H groups in total. The van der Waals surface area contributed by atoms with Gasteiger partial charge in [-0.05, 0) is 51.4 Å². The van der Waals surface area contributed by atoms with E-state index in [2.05, 4.69) is 27.7 Å². The summed E-state index contributed by atoms with van der Waals surface area (Å²) in [5, 5.41) is 0. The van der Waals surface area contributed by atoms with Gasteiger partial charge in [-0.25, -0.2) is 0 Å². The summed E-state index contributed by atoms with van der Waals surface area (Å²) < 4.78 is 0. The summed E-state index contributed by atoms with van der Waals surface area (Å²) in [6, 6.07) is 0. The minimum Gasteiger partial charge on any atom is -0.0654 e. The molecule has 0 radical (unpaired) electrons. The van der Waals surface area contributed by atoms with E-state index in [9.17, 15) is 0 Å². The van der Waals surface area contributed by atoms with E-state index in [1.165, 1.54) is 141 Å². The molecule has 0 bridgehead atoms. The fourth-order valence-electron chi connectivity index (χ4n) is 5.93. The van der Waals surface area contributed by atoms with Crippen LogP contribution in [-0.4, -0.2) is 24.6 Å². The predicted molar refractivity (Wildman–Crippen MR) is 169 cm³/mol. The van der Waals surface area contributed by atoms with Crippen LogP contribution >= 0.6 is 7.26 Å². The van der Waals surface area contributed by atoms with Crippen LogP contribution < -0.4 is 0 Å². The van der Waals surface area contributed by atoms with Crippen LogP contribution in [0, 0.1) is 0 Å². The van der Waals surface area contributed by atoms with Gasteiger partial charge < -0.3 is 0 Å². The van der Waals surface area contributed by atoms with E-state index in [4.69, 9.17) is 0 Å². The highest BCUT2D eigenvalue weighted by molar-refractivity contribution is 7.75. The summed E-state index contributed by atoms with van der Waals surface area (Å²) in [7, 11) is -0.729. The second kappa shape index (κ2) is 29.0. The van der Waals surface area contributed by atoms with Gasteiger partial charge in [0.05, 0.1) is 24.6 Å². The molecule has 0 aromatic rings. The lowest BCUT2D eigenvalue weighted by molar-refractivity contribution is 0.594. The van der Waals surface area contributed by atoms with E-state index in [0.29, 0.717) is 0 Å². The zero-order valence-electron chi connectivity index (χ0n) is 25.7. The fraction of sp³-hybridized carbons (Fsp3) is 1.00. The Morgan fingerprint density at radius 3 is 0.600 bits per heavy atom. The van der Waals surface area contributed by atoms with Crippen LogP contribution in [0.4, 0.5) is 0 Å². The first-order valence-corrected chi connectivity index (χ1v) is 19.6. The van der Waals surface area contributed by atoms with Crippen molar-refractivity contribution in [2.24, 2.45) is 0 Å². The molecule has 0 saturated heterocycles. The molecular weight excluding hydrogens is 439 g/mol. The first kappa shape index (κ1) is 35.4. The summed E-state index contributed by atoms with van der Waals surface area (Å²) in [5.74, 6) is 0. The van der Waals surface area contributed by atoms with Crippen LogP contribution in [0.3, 0.4) is 0 Å². The molecule has 0 aromatic carbocycles. The number of rotatable bonds is 30. The van der Waals surface area contributed by atoms with Crippen LogP contribution in [-0.2, 0) is 0 Å². The molecular formula is C34H72P+. The van der Waals surface area contributed by atoms with Gasteiger partial charge in [0.2, 0.25) is 0 Å². The third kappa shape index (κ3) is 24.5. The zero-order valence-corrected chi connectivity index (χ0v) is 26.6. The van der Waals surface area contributed by atoms with Crippen molar-refractivity contribution in [2.75, 3.05) is 24.6 Å². The largest absolute Gasteiger partial charge is 0.0654 e. The van der Waals surface area contributed by atoms with Gasteiger partial charge in [-0.3, -0.25) is 0 Å². The summed E-state index contributed by atoms with van der Waals surface area (Å²) >= 11 is 0. The molecule has 0 heterocycles. The summed E-state index contributed by atoms with van der Waals surface area (Å²) in [6.45, 7) is 9.38. The first-order chi connectivity index (χ1) is 17.2. The van der Waals surface area contributed by atoms with E-state index in [-0.39, 0.29) is 0 Å². The molecule has 0 aliphatic rings. The smallest absolute Gasteiger partial charge is 0.0594 e. The minimum atomic E-state index is -0.729. The third-order valence-corrected chi connectivity index (χ3v) is 13.5. The molecule has 0 unspecified atom stereocenters. The van der Waals surface area contributed by atoms with Gasteiger partial charge >= 0.3 is 0 Å². The first-order valence-electron chi connectivity index (χ1n) is 17.1. The quantitative estimate of drug-likeness (QED) is 0.0664. The van der Waals surface area contributed by atoms with Crippen LogP contribution in [0.25, 0.3) is 0 Å². The maximum Gasteiger partial charge on any atom is 0.0594 e. The van der Waals surface area contributed by atoms with Crippen molar-refractivity contribution in [3.63, 3.8) is 0 Å². The monoisotopic (exact) mass is 512 g/mol. The molecule has 0 aliphatic carbocycles. The lowest BCUT2D eigenvalue weighted by Crippen LogP contribution is -2.13. The Balaban J connectivity index is 4.73. The Kier molecular flexibility index (Phi) is 29.3. The van der Waals surface area contributed by atoms with Crippen molar-refractivity contribution in [3.05, 3.63) is 0 Å². The van der Waals surface area contributed by atoms with Gasteiger partial charge in [-0.15, -0.1) is 0 Å². The molecule has 0 aliphatic heterocycles. The molecule has 0 rings (SSSR count). The highest BCUT2D eigenvalue weighted by Gasteiger charge is 2.34. The Labute approximate surface area is 226 Å². The minimum absolute atomic E-state index is 0.729. The lowest BCUT2D eigenvalue weighted by atomic mass is 10.1. The number of hydrogen-bond acceptors (Lipinski definition) is 0. The van der Waals surface area contributed by atoms with E-state index in [1.807, 2.05) is 0 Å². The van der Waals surface area contributed by atoms with Crippen molar-refractivity contribution < 1.29 is 0 Å². The molecule has 0 saturated carbocycles. The average Bonchev–Trinajstić information content (AvgIpc) is 2.87. The summed E-state index contributed by atoms with van der Waals surface area (Å²) in [4.78, 5) is 0. The fourth-order valence-corrected chi connectivity index (χ4v) is 10.9. The predicted octanol–water partition coefficient (Wildman–Crippen LogP) is 13.2. The Bertz CT molecular complexity index is 331.